The average molecular weight is 283 g/mol. The normalized spacial score (nSPS) is 24.5. The van der Waals surface area contributed by atoms with E-state index >= 15 is 0 Å². The van der Waals surface area contributed by atoms with Gasteiger partial charge in [-0.2, -0.15) is 4.98 Å². The second-order valence-electron chi connectivity index (χ2n) is 6.26. The number of benzene rings is 1. The summed E-state index contributed by atoms with van der Waals surface area (Å²) in [5.74, 6) is 1.65. The Morgan fingerprint density at radius 3 is 2.62 bits per heavy atom. The predicted octanol–water partition coefficient (Wildman–Crippen LogP) is 3.35. The van der Waals surface area contributed by atoms with Crippen LogP contribution in [-0.4, -0.2) is 16.7 Å². The first-order chi connectivity index (χ1) is 10.4. The molecule has 0 amide bonds. The first kappa shape index (κ1) is 13.0. The lowest BCUT2D eigenvalue weighted by Crippen LogP contribution is -2.25. The lowest BCUT2D eigenvalue weighted by Gasteiger charge is -2.25. The summed E-state index contributed by atoms with van der Waals surface area (Å²) in [5, 5.41) is 7.80. The van der Waals surface area contributed by atoms with Gasteiger partial charge in [-0.05, 0) is 37.8 Å². The fourth-order valence-corrected chi connectivity index (χ4v) is 3.84. The number of hydrogen-bond acceptors (Lipinski definition) is 4. The quantitative estimate of drug-likeness (QED) is 0.938. The maximum absolute atomic E-state index is 5.58. The summed E-state index contributed by atoms with van der Waals surface area (Å²) in [5.41, 5.74) is 1.29. The minimum atomic E-state index is -0.0401. The summed E-state index contributed by atoms with van der Waals surface area (Å²) in [6, 6.07) is 10.9. The van der Waals surface area contributed by atoms with Crippen molar-refractivity contribution in [2.24, 2.45) is 0 Å². The van der Waals surface area contributed by atoms with E-state index in [-0.39, 0.29) is 11.5 Å². The van der Waals surface area contributed by atoms with Crippen LogP contribution in [0.1, 0.15) is 61.8 Å². The molecule has 1 aliphatic carbocycles. The van der Waals surface area contributed by atoms with Crippen LogP contribution in [0.4, 0.5) is 0 Å². The van der Waals surface area contributed by atoms with Gasteiger partial charge in [0.05, 0.1) is 11.5 Å². The van der Waals surface area contributed by atoms with Gasteiger partial charge < -0.3 is 9.84 Å². The SMILES string of the molecule is c1ccc(C2(c3noc([C@@H]4CCCN4)n3)CCCC2)cc1. The molecule has 0 unspecified atom stereocenters. The van der Waals surface area contributed by atoms with E-state index in [4.69, 9.17) is 9.51 Å². The first-order valence-corrected chi connectivity index (χ1v) is 8.01. The zero-order chi connectivity index (χ0) is 14.1. The Morgan fingerprint density at radius 2 is 1.90 bits per heavy atom. The standard InChI is InChI=1S/C17H21N3O/c1-2-7-13(8-3-1)17(10-4-5-11-17)16-19-15(21-20-16)14-9-6-12-18-14/h1-3,7-8,14,18H,4-6,9-12H2/t14-/m0/s1. The van der Waals surface area contributed by atoms with Crippen LogP contribution in [0.5, 0.6) is 0 Å². The molecule has 1 saturated heterocycles. The van der Waals surface area contributed by atoms with Crippen molar-refractivity contribution in [3.05, 3.63) is 47.6 Å². The van der Waals surface area contributed by atoms with Gasteiger partial charge in [0.25, 0.3) is 0 Å². The van der Waals surface area contributed by atoms with Crippen molar-refractivity contribution in [2.75, 3.05) is 6.54 Å². The highest BCUT2D eigenvalue weighted by atomic mass is 16.5. The van der Waals surface area contributed by atoms with Crippen molar-refractivity contribution in [1.82, 2.24) is 15.5 Å². The highest BCUT2D eigenvalue weighted by molar-refractivity contribution is 5.33. The van der Waals surface area contributed by atoms with E-state index in [1.165, 1.54) is 24.8 Å². The van der Waals surface area contributed by atoms with Gasteiger partial charge >= 0.3 is 0 Å². The fraction of sp³-hybridized carbons (Fsp3) is 0.529. The molecule has 21 heavy (non-hydrogen) atoms. The summed E-state index contributed by atoms with van der Waals surface area (Å²) in [7, 11) is 0. The van der Waals surface area contributed by atoms with Gasteiger partial charge in [0.15, 0.2) is 5.82 Å². The van der Waals surface area contributed by atoms with Gasteiger partial charge in [-0.25, -0.2) is 0 Å². The Hall–Kier alpha value is -1.68. The van der Waals surface area contributed by atoms with E-state index in [0.29, 0.717) is 0 Å². The van der Waals surface area contributed by atoms with Crippen molar-refractivity contribution in [1.29, 1.82) is 0 Å². The molecule has 1 N–H and O–H groups in total. The van der Waals surface area contributed by atoms with Crippen LogP contribution in [0.25, 0.3) is 0 Å². The molecule has 2 fully saturated rings. The summed E-state index contributed by atoms with van der Waals surface area (Å²) in [6.45, 7) is 1.05. The number of rotatable bonds is 3. The second kappa shape index (κ2) is 5.26. The highest BCUT2D eigenvalue weighted by Crippen LogP contribution is 2.45. The van der Waals surface area contributed by atoms with E-state index in [0.717, 1.165) is 37.5 Å². The number of nitrogens with zero attached hydrogens (tertiary/aromatic N) is 2. The molecule has 4 rings (SSSR count). The molecule has 4 nitrogen and oxygen atoms in total. The molecular formula is C17H21N3O. The molecule has 1 saturated carbocycles. The molecule has 1 atom stereocenters. The van der Waals surface area contributed by atoms with Crippen molar-refractivity contribution in [2.45, 2.75) is 50.0 Å². The molecule has 110 valence electrons. The molecule has 0 radical (unpaired) electrons. The third-order valence-corrected chi connectivity index (χ3v) is 5.01. The van der Waals surface area contributed by atoms with Crippen LogP contribution in [0.3, 0.4) is 0 Å². The Kier molecular flexibility index (Phi) is 3.26. The lowest BCUT2D eigenvalue weighted by molar-refractivity contribution is 0.333. The summed E-state index contributed by atoms with van der Waals surface area (Å²) in [4.78, 5) is 4.78. The van der Waals surface area contributed by atoms with Crippen LogP contribution < -0.4 is 5.32 Å². The molecule has 1 aliphatic heterocycles. The van der Waals surface area contributed by atoms with Crippen molar-refractivity contribution in [3.8, 4) is 0 Å². The molecule has 0 bridgehead atoms. The number of nitrogens with one attached hydrogen (secondary N) is 1. The first-order valence-electron chi connectivity index (χ1n) is 8.01. The minimum absolute atomic E-state index is 0.0401. The van der Waals surface area contributed by atoms with Crippen LogP contribution in [-0.2, 0) is 5.41 Å². The molecule has 2 heterocycles. The molecular weight excluding hydrogens is 262 g/mol. The maximum atomic E-state index is 5.58. The number of hydrogen-bond donors (Lipinski definition) is 1. The van der Waals surface area contributed by atoms with Crippen LogP contribution in [0, 0.1) is 0 Å². The Balaban J connectivity index is 1.71. The van der Waals surface area contributed by atoms with E-state index in [1.54, 1.807) is 0 Å². The molecule has 2 aliphatic rings. The van der Waals surface area contributed by atoms with E-state index < -0.39 is 0 Å². The zero-order valence-electron chi connectivity index (χ0n) is 12.2. The largest absolute Gasteiger partial charge is 0.338 e. The van der Waals surface area contributed by atoms with Crippen molar-refractivity contribution < 1.29 is 4.52 Å². The number of aromatic nitrogens is 2. The van der Waals surface area contributed by atoms with Gasteiger partial charge in [-0.3, -0.25) is 0 Å². The van der Waals surface area contributed by atoms with Gasteiger partial charge in [0.2, 0.25) is 5.89 Å². The minimum Gasteiger partial charge on any atom is -0.338 e. The molecule has 0 spiro atoms. The topological polar surface area (TPSA) is 51.0 Å². The monoisotopic (exact) mass is 283 g/mol. The summed E-state index contributed by atoms with van der Waals surface area (Å²) < 4.78 is 5.58. The van der Waals surface area contributed by atoms with E-state index in [9.17, 15) is 0 Å². The second-order valence-corrected chi connectivity index (χ2v) is 6.26. The fourth-order valence-electron chi connectivity index (χ4n) is 3.84. The van der Waals surface area contributed by atoms with Gasteiger partial charge in [0, 0.05) is 0 Å². The Morgan fingerprint density at radius 1 is 1.10 bits per heavy atom. The van der Waals surface area contributed by atoms with Crippen LogP contribution in [0.2, 0.25) is 0 Å². The average Bonchev–Trinajstić information content (AvgIpc) is 3.28. The summed E-state index contributed by atoms with van der Waals surface area (Å²) >= 11 is 0. The van der Waals surface area contributed by atoms with E-state index in [2.05, 4.69) is 40.8 Å². The molecule has 1 aromatic heterocycles. The zero-order valence-corrected chi connectivity index (χ0v) is 12.2. The van der Waals surface area contributed by atoms with Gasteiger partial charge in [-0.15, -0.1) is 0 Å². The van der Waals surface area contributed by atoms with Crippen LogP contribution >= 0.6 is 0 Å². The lowest BCUT2D eigenvalue weighted by atomic mass is 9.78. The molecule has 2 aromatic rings. The van der Waals surface area contributed by atoms with E-state index in [1.807, 2.05) is 0 Å². The Bertz CT molecular complexity index is 596. The van der Waals surface area contributed by atoms with Gasteiger partial charge in [-0.1, -0.05) is 48.3 Å². The van der Waals surface area contributed by atoms with Crippen molar-refractivity contribution in [3.63, 3.8) is 0 Å². The maximum Gasteiger partial charge on any atom is 0.243 e. The Labute approximate surface area is 124 Å². The third-order valence-electron chi connectivity index (χ3n) is 5.01. The smallest absolute Gasteiger partial charge is 0.243 e. The van der Waals surface area contributed by atoms with Crippen molar-refractivity contribution >= 4 is 0 Å². The molecule has 1 aromatic carbocycles. The predicted molar refractivity (Wildman–Crippen MR) is 80.0 cm³/mol. The summed E-state index contributed by atoms with van der Waals surface area (Å²) in [6.07, 6.45) is 7.00. The highest BCUT2D eigenvalue weighted by Gasteiger charge is 2.42. The van der Waals surface area contributed by atoms with Gasteiger partial charge in [0.1, 0.15) is 0 Å². The van der Waals surface area contributed by atoms with Crippen LogP contribution in [0.15, 0.2) is 34.9 Å². The third kappa shape index (κ3) is 2.18. The molecule has 4 heteroatoms.